The van der Waals surface area contributed by atoms with Gasteiger partial charge in [0.2, 0.25) is 10.0 Å². The molecule has 6 nitrogen and oxygen atoms in total. The third-order valence-electron chi connectivity index (χ3n) is 3.68. The SMILES string of the molecule is CS(=O)(=O)NCC1CCCN(C(=O)COc2ccc(Cl)cc2)C1. The minimum atomic E-state index is -3.20. The van der Waals surface area contributed by atoms with Gasteiger partial charge in [0.05, 0.1) is 6.26 Å². The molecule has 1 N–H and O–H groups in total. The van der Waals surface area contributed by atoms with Crippen LogP contribution in [-0.2, 0) is 14.8 Å². The highest BCUT2D eigenvalue weighted by Gasteiger charge is 2.24. The van der Waals surface area contributed by atoms with Gasteiger partial charge in [-0.3, -0.25) is 4.79 Å². The Morgan fingerprint density at radius 2 is 2.09 bits per heavy atom. The van der Waals surface area contributed by atoms with Gasteiger partial charge in [0.15, 0.2) is 6.61 Å². The van der Waals surface area contributed by atoms with E-state index in [9.17, 15) is 13.2 Å². The van der Waals surface area contributed by atoms with Crippen LogP contribution in [0.4, 0.5) is 0 Å². The van der Waals surface area contributed by atoms with Crippen LogP contribution < -0.4 is 9.46 Å². The van der Waals surface area contributed by atoms with Crippen LogP contribution in [0.1, 0.15) is 12.8 Å². The van der Waals surface area contributed by atoms with E-state index < -0.39 is 10.0 Å². The number of hydrogen-bond donors (Lipinski definition) is 1. The van der Waals surface area contributed by atoms with E-state index in [1.54, 1.807) is 29.2 Å². The number of hydrogen-bond acceptors (Lipinski definition) is 4. The zero-order chi connectivity index (χ0) is 16.9. The van der Waals surface area contributed by atoms with Crippen molar-refractivity contribution < 1.29 is 17.9 Å². The average molecular weight is 361 g/mol. The van der Waals surface area contributed by atoms with Crippen LogP contribution >= 0.6 is 11.6 Å². The lowest BCUT2D eigenvalue weighted by Crippen LogP contribution is -2.45. The average Bonchev–Trinajstić information content (AvgIpc) is 2.52. The molecule has 1 saturated heterocycles. The second-order valence-electron chi connectivity index (χ2n) is 5.71. The molecule has 8 heteroatoms. The fraction of sp³-hybridized carbons (Fsp3) is 0.533. The van der Waals surface area contributed by atoms with E-state index in [-0.39, 0.29) is 18.4 Å². The predicted octanol–water partition coefficient (Wildman–Crippen LogP) is 1.51. The van der Waals surface area contributed by atoms with Crippen LogP contribution in [0.3, 0.4) is 0 Å². The van der Waals surface area contributed by atoms with Gasteiger partial charge in [-0.1, -0.05) is 11.6 Å². The van der Waals surface area contributed by atoms with Crippen LogP contribution in [0.25, 0.3) is 0 Å². The topological polar surface area (TPSA) is 75.7 Å². The molecule has 2 rings (SSSR count). The molecule has 1 amide bonds. The molecule has 1 heterocycles. The van der Waals surface area contributed by atoms with E-state index in [4.69, 9.17) is 16.3 Å². The minimum absolute atomic E-state index is 0.0339. The number of carbonyl (C=O) groups is 1. The van der Waals surface area contributed by atoms with Crippen molar-refractivity contribution in [3.8, 4) is 5.75 Å². The quantitative estimate of drug-likeness (QED) is 0.834. The fourth-order valence-corrected chi connectivity index (χ4v) is 3.16. The Morgan fingerprint density at radius 1 is 1.39 bits per heavy atom. The van der Waals surface area contributed by atoms with Crippen molar-refractivity contribution in [1.29, 1.82) is 0 Å². The zero-order valence-electron chi connectivity index (χ0n) is 13.0. The predicted molar refractivity (Wildman–Crippen MR) is 89.1 cm³/mol. The Labute approximate surface area is 141 Å². The van der Waals surface area contributed by atoms with Crippen molar-refractivity contribution in [2.75, 3.05) is 32.5 Å². The first-order chi connectivity index (χ1) is 10.8. The number of nitrogens with one attached hydrogen (secondary N) is 1. The summed E-state index contributed by atoms with van der Waals surface area (Å²) >= 11 is 5.79. The molecule has 0 aromatic heterocycles. The van der Waals surface area contributed by atoms with Crippen LogP contribution in [-0.4, -0.2) is 51.7 Å². The molecule has 1 aromatic rings. The largest absolute Gasteiger partial charge is 0.484 e. The summed E-state index contributed by atoms with van der Waals surface area (Å²) < 4.78 is 30.3. The molecule has 0 bridgehead atoms. The van der Waals surface area contributed by atoms with Gasteiger partial charge >= 0.3 is 0 Å². The fourth-order valence-electron chi connectivity index (χ4n) is 2.49. The minimum Gasteiger partial charge on any atom is -0.484 e. The van der Waals surface area contributed by atoms with Crippen molar-refractivity contribution in [2.45, 2.75) is 12.8 Å². The smallest absolute Gasteiger partial charge is 0.260 e. The van der Waals surface area contributed by atoms with E-state index in [0.29, 0.717) is 30.4 Å². The molecule has 1 atom stereocenters. The highest BCUT2D eigenvalue weighted by Crippen LogP contribution is 2.18. The molecule has 1 aliphatic heterocycles. The third-order valence-corrected chi connectivity index (χ3v) is 4.62. The second kappa shape index (κ2) is 7.99. The lowest BCUT2D eigenvalue weighted by Gasteiger charge is -2.32. The maximum absolute atomic E-state index is 12.2. The standard InChI is InChI=1S/C15H21ClN2O4S/c1-23(20,21)17-9-12-3-2-8-18(10-12)15(19)11-22-14-6-4-13(16)5-7-14/h4-7,12,17H,2-3,8-11H2,1H3. The monoisotopic (exact) mass is 360 g/mol. The Balaban J connectivity index is 1.80. The van der Waals surface area contributed by atoms with Crippen LogP contribution in [0.5, 0.6) is 5.75 Å². The number of halogens is 1. The maximum atomic E-state index is 12.2. The number of rotatable bonds is 6. The van der Waals surface area contributed by atoms with E-state index in [1.165, 1.54) is 0 Å². The number of nitrogens with zero attached hydrogens (tertiary/aromatic N) is 1. The summed E-state index contributed by atoms with van der Waals surface area (Å²) in [6, 6.07) is 6.83. The molecule has 0 saturated carbocycles. The third kappa shape index (κ3) is 6.37. The molecule has 1 aliphatic rings. The van der Waals surface area contributed by atoms with Gasteiger partial charge in [0, 0.05) is 24.7 Å². The van der Waals surface area contributed by atoms with E-state index in [0.717, 1.165) is 19.1 Å². The Morgan fingerprint density at radius 3 is 2.74 bits per heavy atom. The first-order valence-corrected chi connectivity index (χ1v) is 9.71. The van der Waals surface area contributed by atoms with Gasteiger partial charge < -0.3 is 9.64 Å². The molecule has 0 spiro atoms. The molecule has 1 aromatic carbocycles. The van der Waals surface area contributed by atoms with Gasteiger partial charge in [0.1, 0.15) is 5.75 Å². The second-order valence-corrected chi connectivity index (χ2v) is 7.98. The summed E-state index contributed by atoms with van der Waals surface area (Å²) in [5, 5.41) is 0.612. The first kappa shape index (κ1) is 18.0. The lowest BCUT2D eigenvalue weighted by molar-refractivity contribution is -0.135. The summed E-state index contributed by atoms with van der Waals surface area (Å²) in [7, 11) is -3.20. The Bertz CT molecular complexity index is 633. The van der Waals surface area contributed by atoms with Gasteiger partial charge in [-0.15, -0.1) is 0 Å². The van der Waals surface area contributed by atoms with E-state index in [2.05, 4.69) is 4.72 Å². The van der Waals surface area contributed by atoms with Crippen LogP contribution in [0.15, 0.2) is 24.3 Å². The summed E-state index contributed by atoms with van der Waals surface area (Å²) in [5.74, 6) is 0.636. The van der Waals surface area contributed by atoms with Crippen molar-refractivity contribution in [3.63, 3.8) is 0 Å². The highest BCUT2D eigenvalue weighted by molar-refractivity contribution is 7.88. The number of benzene rings is 1. The molecule has 1 unspecified atom stereocenters. The number of carbonyl (C=O) groups excluding carboxylic acids is 1. The summed E-state index contributed by atoms with van der Waals surface area (Å²) in [6.45, 7) is 1.55. The van der Waals surface area contributed by atoms with Crippen LogP contribution in [0.2, 0.25) is 5.02 Å². The molecule has 0 radical (unpaired) electrons. The highest BCUT2D eigenvalue weighted by atomic mass is 35.5. The van der Waals surface area contributed by atoms with Crippen molar-refractivity contribution in [2.24, 2.45) is 5.92 Å². The molecular formula is C15H21ClN2O4S. The summed E-state index contributed by atoms with van der Waals surface area (Å²) in [6.07, 6.45) is 2.91. The summed E-state index contributed by atoms with van der Waals surface area (Å²) in [4.78, 5) is 14.0. The van der Waals surface area contributed by atoms with Gasteiger partial charge in [0.25, 0.3) is 5.91 Å². The summed E-state index contributed by atoms with van der Waals surface area (Å²) in [5.41, 5.74) is 0. The van der Waals surface area contributed by atoms with Gasteiger partial charge in [-0.25, -0.2) is 13.1 Å². The van der Waals surface area contributed by atoms with Gasteiger partial charge in [-0.05, 0) is 43.0 Å². The van der Waals surface area contributed by atoms with Crippen molar-refractivity contribution >= 4 is 27.5 Å². The molecular weight excluding hydrogens is 340 g/mol. The number of sulfonamides is 1. The normalized spacial score (nSPS) is 18.7. The first-order valence-electron chi connectivity index (χ1n) is 7.44. The van der Waals surface area contributed by atoms with Crippen LogP contribution in [0, 0.1) is 5.92 Å². The maximum Gasteiger partial charge on any atom is 0.260 e. The number of ether oxygens (including phenoxy) is 1. The van der Waals surface area contributed by atoms with Gasteiger partial charge in [-0.2, -0.15) is 0 Å². The Kier molecular flexibility index (Phi) is 6.26. The van der Waals surface area contributed by atoms with E-state index in [1.807, 2.05) is 0 Å². The number of amides is 1. The molecule has 1 fully saturated rings. The molecule has 0 aliphatic carbocycles. The molecule has 23 heavy (non-hydrogen) atoms. The van der Waals surface area contributed by atoms with E-state index >= 15 is 0 Å². The van der Waals surface area contributed by atoms with Crippen molar-refractivity contribution in [3.05, 3.63) is 29.3 Å². The number of piperidine rings is 1. The van der Waals surface area contributed by atoms with Crippen molar-refractivity contribution in [1.82, 2.24) is 9.62 Å². The molecule has 128 valence electrons. The number of likely N-dealkylation sites (tertiary alicyclic amines) is 1. The zero-order valence-corrected chi connectivity index (χ0v) is 14.6. The Hall–Kier alpha value is -1.31. The lowest BCUT2D eigenvalue weighted by atomic mass is 9.98.